The van der Waals surface area contributed by atoms with Gasteiger partial charge in [-0.15, -0.1) is 24.0 Å². The Kier molecular flexibility index (Phi) is 9.03. The molecule has 2 aliphatic heterocycles. The van der Waals surface area contributed by atoms with Gasteiger partial charge in [0, 0.05) is 32.7 Å². The Bertz CT molecular complexity index is 868. The molecule has 1 N–H and O–H groups in total. The van der Waals surface area contributed by atoms with Crippen molar-refractivity contribution in [3.63, 3.8) is 0 Å². The second-order valence-electron chi connectivity index (χ2n) is 8.16. The zero-order valence-corrected chi connectivity index (χ0v) is 21.3. The van der Waals surface area contributed by atoms with Gasteiger partial charge in [0.25, 0.3) is 5.91 Å². The number of hydrogen-bond acceptors (Lipinski definition) is 5. The van der Waals surface area contributed by atoms with E-state index >= 15 is 0 Å². The average molecular weight is 555 g/mol. The lowest BCUT2D eigenvalue weighted by Gasteiger charge is -2.36. The molecular weight excluding hydrogens is 521 g/mol. The van der Waals surface area contributed by atoms with Gasteiger partial charge in [0.05, 0.1) is 18.8 Å². The fraction of sp³-hybridized carbons (Fsp3) is 0.565. The van der Waals surface area contributed by atoms with Crippen LogP contribution in [0.3, 0.4) is 0 Å². The van der Waals surface area contributed by atoms with Crippen molar-refractivity contribution in [2.24, 2.45) is 4.99 Å². The van der Waals surface area contributed by atoms with Crippen LogP contribution in [0.15, 0.2) is 44.4 Å². The molecule has 176 valence electrons. The molecule has 4 heterocycles. The maximum absolute atomic E-state index is 12.5. The van der Waals surface area contributed by atoms with Crippen molar-refractivity contribution in [2.45, 2.75) is 32.7 Å². The van der Waals surface area contributed by atoms with Crippen molar-refractivity contribution >= 4 is 35.8 Å². The number of hydrogen-bond donors (Lipinski definition) is 1. The van der Waals surface area contributed by atoms with Crippen LogP contribution in [0, 0.1) is 6.92 Å². The topological polar surface area (TPSA) is 77.5 Å². The van der Waals surface area contributed by atoms with Crippen molar-refractivity contribution in [2.75, 3.05) is 52.4 Å². The minimum absolute atomic E-state index is 0. The highest BCUT2D eigenvalue weighted by atomic mass is 127. The molecular formula is C23H34IN5O3. The van der Waals surface area contributed by atoms with Crippen LogP contribution in [0.1, 0.15) is 47.9 Å². The number of carbonyl (C=O) groups is 1. The van der Waals surface area contributed by atoms with Gasteiger partial charge in [-0.05, 0) is 64.0 Å². The molecule has 2 aromatic heterocycles. The molecule has 0 spiro atoms. The number of carbonyl (C=O) groups excluding carboxylic acids is 1. The summed E-state index contributed by atoms with van der Waals surface area (Å²) in [6, 6.07) is 7.74. The van der Waals surface area contributed by atoms with Crippen LogP contribution in [0.2, 0.25) is 0 Å². The van der Waals surface area contributed by atoms with Gasteiger partial charge in [0.1, 0.15) is 11.5 Å². The van der Waals surface area contributed by atoms with Gasteiger partial charge >= 0.3 is 0 Å². The standard InChI is InChI=1S/C23H33N5O3.HI/c1-3-24-23(28-14-12-27(13-15-28)22(29)21-7-6-16-30-21)25-17-19(26-10-4-5-11-26)20-9-8-18(2)31-20;/h6-9,16,19H,3-5,10-15,17H2,1-2H3,(H,24,25);1H. The van der Waals surface area contributed by atoms with Gasteiger partial charge in [-0.2, -0.15) is 0 Å². The summed E-state index contributed by atoms with van der Waals surface area (Å²) < 4.78 is 11.2. The molecule has 8 nitrogen and oxygen atoms in total. The van der Waals surface area contributed by atoms with Crippen LogP contribution in [0.25, 0.3) is 0 Å². The molecule has 0 radical (unpaired) electrons. The van der Waals surface area contributed by atoms with E-state index in [1.807, 2.05) is 17.9 Å². The lowest BCUT2D eigenvalue weighted by atomic mass is 10.2. The Balaban J connectivity index is 0.00000289. The van der Waals surface area contributed by atoms with E-state index in [0.717, 1.165) is 50.2 Å². The van der Waals surface area contributed by atoms with E-state index in [9.17, 15) is 4.79 Å². The largest absolute Gasteiger partial charge is 0.465 e. The summed E-state index contributed by atoms with van der Waals surface area (Å²) in [7, 11) is 0. The number of piperazine rings is 1. The average Bonchev–Trinajstić information content (AvgIpc) is 3.56. The maximum Gasteiger partial charge on any atom is 0.289 e. The van der Waals surface area contributed by atoms with E-state index in [1.54, 1.807) is 12.1 Å². The molecule has 0 saturated carbocycles. The first-order chi connectivity index (χ1) is 15.2. The Hall–Kier alpha value is -2.01. The minimum Gasteiger partial charge on any atom is -0.465 e. The number of aryl methyl sites for hydroxylation is 1. The monoisotopic (exact) mass is 555 g/mol. The van der Waals surface area contributed by atoms with Crippen molar-refractivity contribution in [1.29, 1.82) is 0 Å². The third kappa shape index (κ3) is 5.86. The molecule has 0 aromatic carbocycles. The molecule has 1 unspecified atom stereocenters. The summed E-state index contributed by atoms with van der Waals surface area (Å²) in [5.41, 5.74) is 0. The van der Waals surface area contributed by atoms with Crippen LogP contribution in [-0.4, -0.2) is 78.9 Å². The lowest BCUT2D eigenvalue weighted by molar-refractivity contribution is 0.0657. The van der Waals surface area contributed by atoms with E-state index < -0.39 is 0 Å². The second-order valence-corrected chi connectivity index (χ2v) is 8.16. The second kappa shape index (κ2) is 11.7. The van der Waals surface area contributed by atoms with Crippen LogP contribution < -0.4 is 5.32 Å². The van der Waals surface area contributed by atoms with E-state index in [0.29, 0.717) is 25.4 Å². The number of nitrogens with one attached hydrogen (secondary N) is 1. The summed E-state index contributed by atoms with van der Waals surface area (Å²) in [6.45, 7) is 10.5. The number of likely N-dealkylation sites (tertiary alicyclic amines) is 1. The molecule has 0 aliphatic carbocycles. The Morgan fingerprint density at radius 2 is 1.81 bits per heavy atom. The first-order valence-electron chi connectivity index (χ1n) is 11.3. The smallest absolute Gasteiger partial charge is 0.289 e. The van der Waals surface area contributed by atoms with E-state index in [2.05, 4.69) is 28.1 Å². The number of amides is 1. The van der Waals surface area contributed by atoms with E-state index in [-0.39, 0.29) is 35.9 Å². The molecule has 2 fully saturated rings. The molecule has 1 atom stereocenters. The first-order valence-corrected chi connectivity index (χ1v) is 11.3. The Morgan fingerprint density at radius 3 is 2.41 bits per heavy atom. The fourth-order valence-corrected chi connectivity index (χ4v) is 4.35. The van der Waals surface area contributed by atoms with Crippen LogP contribution in [-0.2, 0) is 0 Å². The summed E-state index contributed by atoms with van der Waals surface area (Å²) in [5.74, 6) is 3.19. The zero-order valence-electron chi connectivity index (χ0n) is 19.0. The maximum atomic E-state index is 12.5. The number of aliphatic imine (C=N–C) groups is 1. The van der Waals surface area contributed by atoms with Crippen LogP contribution in [0.4, 0.5) is 0 Å². The molecule has 2 aliphatic rings. The lowest BCUT2D eigenvalue weighted by Crippen LogP contribution is -2.53. The van der Waals surface area contributed by atoms with Crippen molar-refractivity contribution in [1.82, 2.24) is 20.0 Å². The van der Waals surface area contributed by atoms with Gasteiger partial charge in [-0.1, -0.05) is 0 Å². The van der Waals surface area contributed by atoms with E-state index in [4.69, 9.17) is 13.8 Å². The summed E-state index contributed by atoms with van der Waals surface area (Å²) in [5, 5.41) is 3.43. The fourth-order valence-electron chi connectivity index (χ4n) is 4.35. The highest BCUT2D eigenvalue weighted by Gasteiger charge is 2.28. The van der Waals surface area contributed by atoms with Gasteiger partial charge in [0.15, 0.2) is 11.7 Å². The molecule has 0 bridgehead atoms. The third-order valence-corrected chi connectivity index (χ3v) is 6.02. The summed E-state index contributed by atoms with van der Waals surface area (Å²) >= 11 is 0. The van der Waals surface area contributed by atoms with Crippen molar-refractivity contribution in [3.8, 4) is 0 Å². The predicted molar refractivity (Wildman–Crippen MR) is 135 cm³/mol. The molecule has 9 heteroatoms. The number of guanidine groups is 1. The Labute approximate surface area is 207 Å². The zero-order chi connectivity index (χ0) is 21.6. The SMILES string of the molecule is CCNC(=NCC(c1ccc(C)o1)N1CCCC1)N1CCN(C(=O)c2ccco2)CC1.I. The Morgan fingerprint density at radius 1 is 1.09 bits per heavy atom. The van der Waals surface area contributed by atoms with Gasteiger partial charge in [0.2, 0.25) is 0 Å². The van der Waals surface area contributed by atoms with Gasteiger partial charge < -0.3 is 24.0 Å². The first kappa shape index (κ1) is 24.6. The predicted octanol–water partition coefficient (Wildman–Crippen LogP) is 3.36. The molecule has 4 rings (SSSR count). The quantitative estimate of drug-likeness (QED) is 0.335. The van der Waals surface area contributed by atoms with Crippen LogP contribution in [0.5, 0.6) is 0 Å². The minimum atomic E-state index is -0.0473. The highest BCUT2D eigenvalue weighted by molar-refractivity contribution is 14.0. The molecule has 2 saturated heterocycles. The normalized spacial score (nSPS) is 18.5. The third-order valence-electron chi connectivity index (χ3n) is 6.02. The van der Waals surface area contributed by atoms with Crippen molar-refractivity contribution < 1.29 is 13.6 Å². The van der Waals surface area contributed by atoms with Gasteiger partial charge in [-0.3, -0.25) is 14.7 Å². The number of furan rings is 2. The number of nitrogens with zero attached hydrogens (tertiary/aromatic N) is 4. The number of halogens is 1. The van der Waals surface area contributed by atoms with Crippen molar-refractivity contribution in [3.05, 3.63) is 47.8 Å². The summed E-state index contributed by atoms with van der Waals surface area (Å²) in [6.07, 6.45) is 3.99. The van der Waals surface area contributed by atoms with Gasteiger partial charge in [-0.25, -0.2) is 0 Å². The molecule has 2 aromatic rings. The molecule has 1 amide bonds. The highest BCUT2D eigenvalue weighted by Crippen LogP contribution is 2.27. The van der Waals surface area contributed by atoms with Crippen LogP contribution >= 0.6 is 24.0 Å². The molecule has 32 heavy (non-hydrogen) atoms. The van der Waals surface area contributed by atoms with E-state index in [1.165, 1.54) is 19.1 Å². The number of rotatable bonds is 6. The summed E-state index contributed by atoms with van der Waals surface area (Å²) in [4.78, 5) is 24.1.